The molecule has 0 aliphatic carbocycles. The molecule has 1 heterocycles. The summed E-state index contributed by atoms with van der Waals surface area (Å²) in [5.74, 6) is 0.868. The molecule has 100 valence electrons. The molecule has 0 unspecified atom stereocenters. The summed E-state index contributed by atoms with van der Waals surface area (Å²) in [6, 6.07) is 22.7. The molecule has 1 aromatic heterocycles. The van der Waals surface area contributed by atoms with E-state index in [0.29, 0.717) is 0 Å². The van der Waals surface area contributed by atoms with Crippen LogP contribution in [0, 0.1) is 0 Å². The van der Waals surface area contributed by atoms with Crippen LogP contribution in [0.15, 0.2) is 72.1 Å². The first-order chi connectivity index (χ1) is 9.88. The molecular weight excluding hydrogens is 266 g/mol. The van der Waals surface area contributed by atoms with Crippen molar-refractivity contribution in [1.29, 1.82) is 0 Å². The smallest absolute Gasteiger partial charge is 0.119 e. The lowest BCUT2D eigenvalue weighted by atomic mass is 10.2. The van der Waals surface area contributed by atoms with Gasteiger partial charge in [0.05, 0.1) is 12.1 Å². The van der Waals surface area contributed by atoms with Crippen molar-refractivity contribution in [2.75, 3.05) is 12.0 Å². The first-order valence-electron chi connectivity index (χ1n) is 6.41. The van der Waals surface area contributed by atoms with Gasteiger partial charge in [0.1, 0.15) is 5.75 Å². The number of ether oxygens (including phenoxy) is 1. The highest BCUT2D eigenvalue weighted by atomic mass is 32.1. The standard InChI is InChI=1S/C17H15NOS/c1-19-16-11-9-15(10-12-16)18(17-8-5-13-20-17)14-6-3-2-4-7-14/h2-13H,1H3. The van der Waals surface area contributed by atoms with E-state index in [-0.39, 0.29) is 0 Å². The Morgan fingerprint density at radius 1 is 0.800 bits per heavy atom. The van der Waals surface area contributed by atoms with Gasteiger partial charge in [-0.25, -0.2) is 0 Å². The number of anilines is 3. The monoisotopic (exact) mass is 281 g/mol. The zero-order valence-electron chi connectivity index (χ0n) is 11.2. The molecule has 0 saturated heterocycles. The summed E-state index contributed by atoms with van der Waals surface area (Å²) in [6.45, 7) is 0. The fraction of sp³-hybridized carbons (Fsp3) is 0.0588. The van der Waals surface area contributed by atoms with Gasteiger partial charge in [-0.2, -0.15) is 0 Å². The Labute approximate surface area is 122 Å². The van der Waals surface area contributed by atoms with Gasteiger partial charge >= 0.3 is 0 Å². The Bertz CT molecular complexity index is 647. The van der Waals surface area contributed by atoms with Gasteiger partial charge in [-0.3, -0.25) is 0 Å². The van der Waals surface area contributed by atoms with Gasteiger partial charge in [0, 0.05) is 11.4 Å². The zero-order valence-corrected chi connectivity index (χ0v) is 12.0. The Morgan fingerprint density at radius 3 is 2.10 bits per heavy atom. The number of rotatable bonds is 4. The van der Waals surface area contributed by atoms with Crippen LogP contribution >= 0.6 is 11.3 Å². The first kappa shape index (κ1) is 12.8. The van der Waals surface area contributed by atoms with Crippen molar-refractivity contribution in [2.45, 2.75) is 0 Å². The SMILES string of the molecule is COc1ccc(N(c2ccccc2)c2cccs2)cc1. The third-order valence-corrected chi connectivity index (χ3v) is 3.92. The van der Waals surface area contributed by atoms with Crippen LogP contribution in [-0.4, -0.2) is 7.11 Å². The van der Waals surface area contributed by atoms with Crippen molar-refractivity contribution in [3.05, 3.63) is 72.1 Å². The van der Waals surface area contributed by atoms with Crippen LogP contribution in [0.25, 0.3) is 0 Å². The number of hydrogen-bond acceptors (Lipinski definition) is 3. The lowest BCUT2D eigenvalue weighted by molar-refractivity contribution is 0.415. The second kappa shape index (κ2) is 5.80. The Kier molecular flexibility index (Phi) is 3.70. The molecule has 0 amide bonds. The molecule has 2 aromatic carbocycles. The summed E-state index contributed by atoms with van der Waals surface area (Å²) in [5.41, 5.74) is 2.28. The van der Waals surface area contributed by atoms with E-state index >= 15 is 0 Å². The van der Waals surface area contributed by atoms with Gasteiger partial charge in [0.2, 0.25) is 0 Å². The summed E-state index contributed by atoms with van der Waals surface area (Å²) in [4.78, 5) is 2.24. The second-order valence-corrected chi connectivity index (χ2v) is 5.25. The summed E-state index contributed by atoms with van der Waals surface area (Å²) in [7, 11) is 1.68. The molecule has 0 saturated carbocycles. The largest absolute Gasteiger partial charge is 0.497 e. The number of nitrogens with zero attached hydrogens (tertiary/aromatic N) is 1. The summed E-state index contributed by atoms with van der Waals surface area (Å²) < 4.78 is 5.23. The highest BCUT2D eigenvalue weighted by molar-refractivity contribution is 7.14. The van der Waals surface area contributed by atoms with Crippen LogP contribution in [0.3, 0.4) is 0 Å². The van der Waals surface area contributed by atoms with Crippen LogP contribution in [-0.2, 0) is 0 Å². The molecule has 0 N–H and O–H groups in total. The van der Waals surface area contributed by atoms with Crippen LogP contribution in [0.1, 0.15) is 0 Å². The lowest BCUT2D eigenvalue weighted by Crippen LogP contribution is -2.07. The van der Waals surface area contributed by atoms with Crippen molar-refractivity contribution in [3.8, 4) is 5.75 Å². The summed E-state index contributed by atoms with van der Waals surface area (Å²) in [5, 5.41) is 3.29. The minimum Gasteiger partial charge on any atom is -0.497 e. The molecular formula is C17H15NOS. The molecule has 0 aliphatic rings. The van der Waals surface area contributed by atoms with Crippen LogP contribution in [0.4, 0.5) is 16.4 Å². The van der Waals surface area contributed by atoms with E-state index in [9.17, 15) is 0 Å². The summed E-state index contributed by atoms with van der Waals surface area (Å²) in [6.07, 6.45) is 0. The predicted octanol–water partition coefficient (Wildman–Crippen LogP) is 5.23. The van der Waals surface area contributed by atoms with E-state index in [2.05, 4.69) is 58.8 Å². The normalized spacial score (nSPS) is 10.2. The van der Waals surface area contributed by atoms with E-state index in [4.69, 9.17) is 4.74 Å². The van der Waals surface area contributed by atoms with Crippen molar-refractivity contribution < 1.29 is 4.74 Å². The minimum absolute atomic E-state index is 0.868. The van der Waals surface area contributed by atoms with Crippen molar-refractivity contribution in [3.63, 3.8) is 0 Å². The van der Waals surface area contributed by atoms with Crippen molar-refractivity contribution >= 4 is 27.7 Å². The third kappa shape index (κ3) is 2.53. The summed E-state index contributed by atoms with van der Waals surface area (Å²) >= 11 is 1.73. The minimum atomic E-state index is 0.868. The van der Waals surface area contributed by atoms with E-state index in [1.54, 1.807) is 18.4 Å². The van der Waals surface area contributed by atoms with Gasteiger partial charge in [0.25, 0.3) is 0 Å². The molecule has 0 spiro atoms. The van der Waals surface area contributed by atoms with Gasteiger partial charge in [0.15, 0.2) is 0 Å². The zero-order chi connectivity index (χ0) is 13.8. The molecule has 20 heavy (non-hydrogen) atoms. The van der Waals surface area contributed by atoms with Crippen molar-refractivity contribution in [1.82, 2.24) is 0 Å². The molecule has 2 nitrogen and oxygen atoms in total. The maximum absolute atomic E-state index is 5.23. The maximum Gasteiger partial charge on any atom is 0.119 e. The molecule has 0 atom stereocenters. The average molecular weight is 281 g/mol. The Hall–Kier alpha value is -2.26. The molecule has 3 heteroatoms. The van der Waals surface area contributed by atoms with Crippen LogP contribution in [0.5, 0.6) is 5.75 Å². The lowest BCUT2D eigenvalue weighted by Gasteiger charge is -2.23. The topological polar surface area (TPSA) is 12.5 Å². The third-order valence-electron chi connectivity index (χ3n) is 3.07. The van der Waals surface area contributed by atoms with E-state index in [0.717, 1.165) is 17.1 Å². The second-order valence-electron chi connectivity index (χ2n) is 4.32. The molecule has 0 fully saturated rings. The maximum atomic E-state index is 5.23. The first-order valence-corrected chi connectivity index (χ1v) is 7.29. The highest BCUT2D eigenvalue weighted by Gasteiger charge is 2.12. The molecule has 0 aliphatic heterocycles. The van der Waals surface area contributed by atoms with Gasteiger partial charge in [-0.1, -0.05) is 18.2 Å². The van der Waals surface area contributed by atoms with Gasteiger partial charge in [-0.15, -0.1) is 11.3 Å². The molecule has 0 bridgehead atoms. The number of methoxy groups -OCH3 is 1. The highest BCUT2D eigenvalue weighted by Crippen LogP contribution is 2.37. The number of thiophene rings is 1. The van der Waals surface area contributed by atoms with Crippen LogP contribution in [0.2, 0.25) is 0 Å². The molecule has 3 rings (SSSR count). The van der Waals surface area contributed by atoms with Gasteiger partial charge < -0.3 is 9.64 Å². The molecule has 0 radical (unpaired) electrons. The van der Waals surface area contributed by atoms with E-state index in [1.165, 1.54) is 5.00 Å². The number of benzene rings is 2. The number of para-hydroxylation sites is 1. The average Bonchev–Trinajstić information content (AvgIpc) is 3.03. The fourth-order valence-electron chi connectivity index (χ4n) is 2.11. The van der Waals surface area contributed by atoms with Crippen LogP contribution < -0.4 is 9.64 Å². The van der Waals surface area contributed by atoms with E-state index < -0.39 is 0 Å². The Morgan fingerprint density at radius 2 is 1.50 bits per heavy atom. The fourth-order valence-corrected chi connectivity index (χ4v) is 2.88. The molecule has 3 aromatic rings. The van der Waals surface area contributed by atoms with Gasteiger partial charge in [-0.05, 0) is 53.9 Å². The predicted molar refractivity (Wildman–Crippen MR) is 85.6 cm³/mol. The number of hydrogen-bond donors (Lipinski definition) is 0. The Balaban J connectivity index is 2.05. The van der Waals surface area contributed by atoms with Crippen molar-refractivity contribution in [2.24, 2.45) is 0 Å². The quantitative estimate of drug-likeness (QED) is 0.649. The van der Waals surface area contributed by atoms with E-state index in [1.807, 2.05) is 18.2 Å².